The van der Waals surface area contributed by atoms with Gasteiger partial charge in [0.1, 0.15) is 0 Å². The zero-order valence-corrected chi connectivity index (χ0v) is 15.8. The van der Waals surface area contributed by atoms with Crippen LogP contribution in [-0.4, -0.2) is 60.1 Å². The van der Waals surface area contributed by atoms with E-state index in [4.69, 9.17) is 4.74 Å². The molecule has 0 bridgehead atoms. The van der Waals surface area contributed by atoms with Crippen LogP contribution in [0.1, 0.15) is 36.2 Å². The Hall–Kier alpha value is -1.33. The molecule has 1 aromatic rings. The monoisotopic (exact) mass is 345 g/mol. The number of hydrogen-bond acceptors (Lipinski definition) is 3. The molecule has 0 unspecified atom stereocenters. The molecular formula is C20H31N3O2. The van der Waals surface area contributed by atoms with Crippen LogP contribution in [0.25, 0.3) is 0 Å². The van der Waals surface area contributed by atoms with Crippen LogP contribution in [0.5, 0.6) is 0 Å². The van der Waals surface area contributed by atoms with Crippen molar-refractivity contribution in [3.05, 3.63) is 23.0 Å². The summed E-state index contributed by atoms with van der Waals surface area (Å²) in [5, 5.41) is 0. The second-order valence-electron chi connectivity index (χ2n) is 8.42. The largest absolute Gasteiger partial charge is 0.374 e. The van der Waals surface area contributed by atoms with Gasteiger partial charge in [0.15, 0.2) is 0 Å². The van der Waals surface area contributed by atoms with Crippen molar-refractivity contribution in [3.8, 4) is 0 Å². The van der Waals surface area contributed by atoms with E-state index in [-0.39, 0.29) is 12.0 Å². The molecule has 0 spiro atoms. The summed E-state index contributed by atoms with van der Waals surface area (Å²) in [5.41, 5.74) is 3.57. The Bertz CT molecular complexity index is 637. The molecule has 2 heterocycles. The summed E-state index contributed by atoms with van der Waals surface area (Å²) in [6, 6.07) is 2.18. The van der Waals surface area contributed by atoms with Gasteiger partial charge in [0, 0.05) is 43.5 Å². The second-order valence-corrected chi connectivity index (χ2v) is 8.42. The van der Waals surface area contributed by atoms with Crippen molar-refractivity contribution >= 4 is 5.91 Å². The minimum Gasteiger partial charge on any atom is -0.374 e. The minimum absolute atomic E-state index is 0.126. The molecule has 1 N–H and O–H groups in total. The van der Waals surface area contributed by atoms with Gasteiger partial charge in [-0.15, -0.1) is 0 Å². The number of hydrogen-bond donors (Lipinski definition) is 1. The van der Waals surface area contributed by atoms with E-state index in [2.05, 4.69) is 41.7 Å². The maximum atomic E-state index is 13.2. The van der Waals surface area contributed by atoms with Gasteiger partial charge in [-0.1, -0.05) is 0 Å². The van der Waals surface area contributed by atoms with E-state index in [9.17, 15) is 4.79 Å². The smallest absolute Gasteiger partial charge is 0.226 e. The van der Waals surface area contributed by atoms with Crippen LogP contribution in [0, 0.1) is 31.6 Å². The molecule has 2 saturated carbocycles. The Morgan fingerprint density at radius 2 is 2.20 bits per heavy atom. The Morgan fingerprint density at radius 1 is 1.40 bits per heavy atom. The maximum absolute atomic E-state index is 13.2. The van der Waals surface area contributed by atoms with Crippen molar-refractivity contribution in [2.75, 3.05) is 33.3 Å². The summed E-state index contributed by atoms with van der Waals surface area (Å²) in [5.74, 6) is 2.13. The van der Waals surface area contributed by atoms with Crippen LogP contribution in [0.3, 0.4) is 0 Å². The first-order chi connectivity index (χ1) is 12.0. The Labute approximate surface area is 150 Å². The highest BCUT2D eigenvalue weighted by atomic mass is 16.5. The molecule has 1 aromatic heterocycles. The van der Waals surface area contributed by atoms with Crippen LogP contribution < -0.4 is 0 Å². The lowest BCUT2D eigenvalue weighted by Gasteiger charge is -2.34. The van der Waals surface area contributed by atoms with Gasteiger partial charge in [-0.25, -0.2) is 0 Å². The quantitative estimate of drug-likeness (QED) is 0.861. The maximum Gasteiger partial charge on any atom is 0.226 e. The van der Waals surface area contributed by atoms with Gasteiger partial charge in [0.25, 0.3) is 0 Å². The zero-order valence-electron chi connectivity index (χ0n) is 15.8. The van der Waals surface area contributed by atoms with Crippen LogP contribution >= 0.6 is 0 Å². The Morgan fingerprint density at radius 3 is 2.84 bits per heavy atom. The number of aromatic amines is 1. The molecule has 1 aliphatic heterocycles. The number of nitrogens with zero attached hydrogens (tertiary/aromatic N) is 2. The van der Waals surface area contributed by atoms with E-state index in [0.717, 1.165) is 37.7 Å². The predicted octanol–water partition coefficient (Wildman–Crippen LogP) is 2.34. The number of carbonyl (C=O) groups excluding carboxylic acids is 1. The molecule has 5 nitrogen and oxygen atoms in total. The van der Waals surface area contributed by atoms with Crippen LogP contribution in [0.15, 0.2) is 6.07 Å². The molecule has 138 valence electrons. The third-order valence-electron chi connectivity index (χ3n) is 6.08. The molecule has 3 fully saturated rings. The van der Waals surface area contributed by atoms with E-state index < -0.39 is 0 Å². The minimum atomic E-state index is 0.126. The summed E-state index contributed by atoms with van der Waals surface area (Å²) in [6.45, 7) is 8.23. The fourth-order valence-electron chi connectivity index (χ4n) is 4.39. The second kappa shape index (κ2) is 6.76. The van der Waals surface area contributed by atoms with Gasteiger partial charge in [-0.3, -0.25) is 4.79 Å². The molecule has 2 aliphatic carbocycles. The van der Waals surface area contributed by atoms with E-state index in [0.29, 0.717) is 24.9 Å². The highest BCUT2D eigenvalue weighted by Crippen LogP contribution is 2.55. The zero-order chi connectivity index (χ0) is 17.6. The van der Waals surface area contributed by atoms with Crippen LogP contribution in [0.2, 0.25) is 0 Å². The van der Waals surface area contributed by atoms with Gasteiger partial charge < -0.3 is 19.5 Å². The first-order valence-corrected chi connectivity index (χ1v) is 9.75. The molecule has 25 heavy (non-hydrogen) atoms. The van der Waals surface area contributed by atoms with Crippen molar-refractivity contribution in [1.29, 1.82) is 0 Å². The third-order valence-corrected chi connectivity index (χ3v) is 6.08. The Balaban J connectivity index is 1.46. The van der Waals surface area contributed by atoms with Gasteiger partial charge in [-0.05, 0) is 63.6 Å². The number of H-pyrrole nitrogens is 1. The molecule has 5 heteroatoms. The third kappa shape index (κ3) is 3.93. The molecular weight excluding hydrogens is 314 g/mol. The molecule has 3 atom stereocenters. The first-order valence-electron chi connectivity index (χ1n) is 9.75. The molecule has 0 aromatic carbocycles. The SMILES string of the molecule is Cc1cc(CN(C[C@@H]2CN(C)CCO2)C(=O)[C@@H]2C[C@H]2C2CC2)c(C)[nH]1. The lowest BCUT2D eigenvalue weighted by atomic mass is 10.1. The molecule has 1 saturated heterocycles. The average molecular weight is 345 g/mol. The summed E-state index contributed by atoms with van der Waals surface area (Å²) in [4.78, 5) is 20.9. The molecule has 1 amide bonds. The summed E-state index contributed by atoms with van der Waals surface area (Å²) in [6.07, 6.45) is 3.90. The fraction of sp³-hybridized carbons (Fsp3) is 0.750. The van der Waals surface area contributed by atoms with Gasteiger partial charge in [0.2, 0.25) is 5.91 Å². The standard InChI is InChI=1S/C20H31N3O2/c1-13-8-16(14(2)21-13)10-23(12-17-11-22(3)6-7-25-17)20(24)19-9-18(19)15-4-5-15/h8,15,17-19,21H,4-7,9-12H2,1-3H3/t17-,18-,19+/m0/s1. The number of nitrogens with one attached hydrogen (secondary N) is 1. The number of likely N-dealkylation sites (N-methyl/N-ethyl adjacent to an activating group) is 1. The van der Waals surface area contributed by atoms with Gasteiger partial charge in [0.05, 0.1) is 12.7 Å². The predicted molar refractivity (Wildman–Crippen MR) is 97.2 cm³/mol. The number of ether oxygens (including phenoxy) is 1. The van der Waals surface area contributed by atoms with Crippen molar-refractivity contribution < 1.29 is 9.53 Å². The number of aryl methyl sites for hydroxylation is 2. The number of aromatic nitrogens is 1. The van der Waals surface area contributed by atoms with E-state index in [1.807, 2.05) is 0 Å². The fourth-order valence-corrected chi connectivity index (χ4v) is 4.39. The molecule has 0 radical (unpaired) electrons. The Kier molecular flexibility index (Phi) is 4.63. The van der Waals surface area contributed by atoms with Gasteiger partial charge >= 0.3 is 0 Å². The van der Waals surface area contributed by atoms with E-state index in [1.54, 1.807) is 0 Å². The van der Waals surface area contributed by atoms with E-state index in [1.165, 1.54) is 24.1 Å². The number of amides is 1. The van der Waals surface area contributed by atoms with Crippen LogP contribution in [-0.2, 0) is 16.1 Å². The van der Waals surface area contributed by atoms with E-state index >= 15 is 0 Å². The van der Waals surface area contributed by atoms with Crippen molar-refractivity contribution in [3.63, 3.8) is 0 Å². The van der Waals surface area contributed by atoms with Crippen molar-refractivity contribution in [1.82, 2.24) is 14.8 Å². The lowest BCUT2D eigenvalue weighted by Crippen LogP contribution is -2.47. The normalized spacial score (nSPS) is 29.6. The summed E-state index contributed by atoms with van der Waals surface area (Å²) < 4.78 is 5.95. The van der Waals surface area contributed by atoms with Crippen LogP contribution in [0.4, 0.5) is 0 Å². The summed E-state index contributed by atoms with van der Waals surface area (Å²) >= 11 is 0. The topological polar surface area (TPSA) is 48.6 Å². The average Bonchev–Trinajstić information content (AvgIpc) is 3.44. The lowest BCUT2D eigenvalue weighted by molar-refractivity contribution is -0.137. The van der Waals surface area contributed by atoms with Crippen molar-refractivity contribution in [2.45, 2.75) is 45.8 Å². The molecule has 3 aliphatic rings. The summed E-state index contributed by atoms with van der Waals surface area (Å²) in [7, 11) is 2.13. The first kappa shape index (κ1) is 17.1. The van der Waals surface area contributed by atoms with Gasteiger partial charge in [-0.2, -0.15) is 0 Å². The number of rotatable bonds is 6. The molecule has 4 rings (SSSR count). The highest BCUT2D eigenvalue weighted by molar-refractivity contribution is 5.82. The number of carbonyl (C=O) groups is 1. The highest BCUT2D eigenvalue weighted by Gasteiger charge is 2.52. The number of morpholine rings is 1. The van der Waals surface area contributed by atoms with Crippen molar-refractivity contribution in [2.24, 2.45) is 17.8 Å².